The van der Waals surface area contributed by atoms with Crippen molar-refractivity contribution < 1.29 is 18.4 Å². The Kier molecular flexibility index (Phi) is 4.14. The minimum absolute atomic E-state index is 0.0616. The molecule has 0 aliphatic carbocycles. The Morgan fingerprint density at radius 2 is 2.26 bits per heavy atom. The Bertz CT molecular complexity index is 727. The van der Waals surface area contributed by atoms with Crippen molar-refractivity contribution in [1.82, 2.24) is 4.90 Å². The number of nitrogens with zero attached hydrogens (tertiary/aromatic N) is 1. The molecule has 1 N–H and O–H groups in total. The molecular formula is C17H17FN2O3. The molecule has 0 saturated heterocycles. The molecule has 2 aromatic rings. The van der Waals surface area contributed by atoms with Gasteiger partial charge in [-0.2, -0.15) is 0 Å². The number of carbonyl (C=O) groups is 2. The average molecular weight is 316 g/mol. The fourth-order valence-electron chi connectivity index (χ4n) is 2.81. The molecule has 3 rings (SSSR count). The van der Waals surface area contributed by atoms with Gasteiger partial charge in [0.1, 0.15) is 11.6 Å². The zero-order chi connectivity index (χ0) is 16.4. The number of furan rings is 1. The van der Waals surface area contributed by atoms with Gasteiger partial charge < -0.3 is 14.6 Å². The molecule has 120 valence electrons. The van der Waals surface area contributed by atoms with Gasteiger partial charge in [-0.25, -0.2) is 4.39 Å². The minimum atomic E-state index is -0.603. The standard InChI is InChI=1S/C17H17FN2O3/c1-2-20(10-12-4-3-7-23-12)17(22)14-9-16(21)19-15-8-11(18)5-6-13(14)15/h3-8,14H,2,9-10H2,1H3,(H,19,21). The Morgan fingerprint density at radius 1 is 1.43 bits per heavy atom. The highest BCUT2D eigenvalue weighted by Gasteiger charge is 2.33. The van der Waals surface area contributed by atoms with E-state index < -0.39 is 11.7 Å². The second kappa shape index (κ2) is 6.24. The SMILES string of the molecule is CCN(Cc1ccco1)C(=O)C1CC(=O)Nc2cc(F)ccc21. The van der Waals surface area contributed by atoms with Gasteiger partial charge in [0.2, 0.25) is 11.8 Å². The van der Waals surface area contributed by atoms with Crippen molar-refractivity contribution in [2.75, 3.05) is 11.9 Å². The summed E-state index contributed by atoms with van der Waals surface area (Å²) in [5, 5.41) is 2.62. The summed E-state index contributed by atoms with van der Waals surface area (Å²) in [5.74, 6) is -0.809. The molecule has 0 spiro atoms. The molecule has 1 aliphatic heterocycles. The number of amides is 2. The highest BCUT2D eigenvalue weighted by atomic mass is 19.1. The Morgan fingerprint density at radius 3 is 2.96 bits per heavy atom. The van der Waals surface area contributed by atoms with Gasteiger partial charge in [-0.3, -0.25) is 9.59 Å². The topological polar surface area (TPSA) is 62.6 Å². The molecule has 5 nitrogen and oxygen atoms in total. The Hall–Kier alpha value is -2.63. The van der Waals surface area contributed by atoms with Crippen LogP contribution in [0.5, 0.6) is 0 Å². The fourth-order valence-corrected chi connectivity index (χ4v) is 2.81. The van der Waals surface area contributed by atoms with Crippen LogP contribution in [0, 0.1) is 5.82 Å². The number of fused-ring (bicyclic) bond motifs is 1. The summed E-state index contributed by atoms with van der Waals surface area (Å²) in [6.45, 7) is 2.71. The number of halogens is 1. The Labute approximate surface area is 133 Å². The van der Waals surface area contributed by atoms with Gasteiger partial charge in [0.05, 0.1) is 18.7 Å². The predicted molar refractivity (Wildman–Crippen MR) is 82.2 cm³/mol. The van der Waals surface area contributed by atoms with Gasteiger partial charge in [0.25, 0.3) is 0 Å². The summed E-state index contributed by atoms with van der Waals surface area (Å²) in [6, 6.07) is 7.68. The number of hydrogen-bond donors (Lipinski definition) is 1. The van der Waals surface area contributed by atoms with E-state index in [1.54, 1.807) is 29.4 Å². The van der Waals surface area contributed by atoms with Crippen molar-refractivity contribution in [3.8, 4) is 0 Å². The van der Waals surface area contributed by atoms with Crippen molar-refractivity contribution in [3.63, 3.8) is 0 Å². The smallest absolute Gasteiger partial charge is 0.231 e. The predicted octanol–water partition coefficient (Wildman–Crippen LogP) is 2.89. The normalized spacial score (nSPS) is 16.6. The lowest BCUT2D eigenvalue weighted by molar-refractivity contribution is -0.135. The lowest BCUT2D eigenvalue weighted by atomic mass is 9.89. The molecule has 1 unspecified atom stereocenters. The van der Waals surface area contributed by atoms with Gasteiger partial charge in [0, 0.05) is 18.7 Å². The third kappa shape index (κ3) is 3.11. The highest BCUT2D eigenvalue weighted by molar-refractivity contribution is 6.01. The van der Waals surface area contributed by atoms with E-state index in [-0.39, 0.29) is 18.2 Å². The summed E-state index contributed by atoms with van der Waals surface area (Å²) in [5.41, 5.74) is 1.02. The van der Waals surface area contributed by atoms with Crippen LogP contribution in [-0.4, -0.2) is 23.3 Å². The first-order chi connectivity index (χ1) is 11.1. The molecule has 6 heteroatoms. The van der Waals surface area contributed by atoms with Gasteiger partial charge in [0.15, 0.2) is 0 Å². The maximum atomic E-state index is 13.4. The van der Waals surface area contributed by atoms with E-state index in [2.05, 4.69) is 5.32 Å². The zero-order valence-corrected chi connectivity index (χ0v) is 12.7. The van der Waals surface area contributed by atoms with Crippen molar-refractivity contribution in [1.29, 1.82) is 0 Å². The summed E-state index contributed by atoms with van der Waals surface area (Å²) in [7, 11) is 0. The summed E-state index contributed by atoms with van der Waals surface area (Å²) >= 11 is 0. The molecule has 1 aromatic heterocycles. The van der Waals surface area contributed by atoms with Crippen molar-refractivity contribution in [2.45, 2.75) is 25.8 Å². The van der Waals surface area contributed by atoms with Crippen LogP contribution in [-0.2, 0) is 16.1 Å². The second-order valence-corrected chi connectivity index (χ2v) is 5.47. The van der Waals surface area contributed by atoms with E-state index in [1.165, 1.54) is 12.1 Å². The van der Waals surface area contributed by atoms with E-state index in [1.807, 2.05) is 6.92 Å². The van der Waals surface area contributed by atoms with E-state index in [4.69, 9.17) is 4.42 Å². The van der Waals surface area contributed by atoms with E-state index in [9.17, 15) is 14.0 Å². The largest absolute Gasteiger partial charge is 0.467 e. The van der Waals surface area contributed by atoms with Gasteiger partial charge in [-0.1, -0.05) is 6.07 Å². The number of likely N-dealkylation sites (N-methyl/N-ethyl adjacent to an activating group) is 1. The molecule has 1 atom stereocenters. The molecule has 2 amide bonds. The highest BCUT2D eigenvalue weighted by Crippen LogP contribution is 2.34. The number of carbonyl (C=O) groups excluding carboxylic acids is 2. The van der Waals surface area contributed by atoms with Crippen LogP contribution >= 0.6 is 0 Å². The number of rotatable bonds is 4. The maximum Gasteiger partial charge on any atom is 0.231 e. The molecule has 1 aliphatic rings. The lowest BCUT2D eigenvalue weighted by Crippen LogP contribution is -2.38. The van der Waals surface area contributed by atoms with Crippen LogP contribution in [0.1, 0.15) is 30.6 Å². The van der Waals surface area contributed by atoms with Gasteiger partial charge in [-0.15, -0.1) is 0 Å². The fraction of sp³-hybridized carbons (Fsp3) is 0.294. The maximum absolute atomic E-state index is 13.4. The van der Waals surface area contributed by atoms with E-state index in [0.717, 1.165) is 0 Å². The van der Waals surface area contributed by atoms with E-state index >= 15 is 0 Å². The van der Waals surface area contributed by atoms with Crippen molar-refractivity contribution >= 4 is 17.5 Å². The summed E-state index contributed by atoms with van der Waals surface area (Å²) < 4.78 is 18.7. The molecule has 1 aromatic carbocycles. The third-order valence-electron chi connectivity index (χ3n) is 3.97. The third-order valence-corrected chi connectivity index (χ3v) is 3.97. The van der Waals surface area contributed by atoms with Gasteiger partial charge in [-0.05, 0) is 36.8 Å². The minimum Gasteiger partial charge on any atom is -0.467 e. The van der Waals surface area contributed by atoms with Crippen molar-refractivity contribution in [2.24, 2.45) is 0 Å². The molecule has 0 radical (unpaired) electrons. The average Bonchev–Trinajstić information content (AvgIpc) is 3.03. The molecule has 23 heavy (non-hydrogen) atoms. The first kappa shape index (κ1) is 15.3. The van der Waals surface area contributed by atoms with Crippen LogP contribution in [0.4, 0.5) is 10.1 Å². The summed E-state index contributed by atoms with van der Waals surface area (Å²) in [4.78, 5) is 26.4. The molecular weight excluding hydrogens is 299 g/mol. The van der Waals surface area contributed by atoms with Gasteiger partial charge >= 0.3 is 0 Å². The molecule has 2 heterocycles. The van der Waals surface area contributed by atoms with Crippen LogP contribution in [0.3, 0.4) is 0 Å². The molecule has 0 bridgehead atoms. The zero-order valence-electron chi connectivity index (χ0n) is 12.7. The first-order valence-corrected chi connectivity index (χ1v) is 7.49. The number of nitrogens with one attached hydrogen (secondary N) is 1. The summed E-state index contributed by atoms with van der Waals surface area (Å²) in [6.07, 6.45) is 1.62. The quantitative estimate of drug-likeness (QED) is 0.943. The molecule has 0 saturated carbocycles. The number of anilines is 1. The Balaban J connectivity index is 1.88. The monoisotopic (exact) mass is 316 g/mol. The molecule has 0 fully saturated rings. The first-order valence-electron chi connectivity index (χ1n) is 7.49. The number of hydrogen-bond acceptors (Lipinski definition) is 3. The van der Waals surface area contributed by atoms with Crippen LogP contribution in [0.2, 0.25) is 0 Å². The second-order valence-electron chi connectivity index (χ2n) is 5.47. The lowest BCUT2D eigenvalue weighted by Gasteiger charge is -2.29. The van der Waals surface area contributed by atoms with Crippen LogP contribution < -0.4 is 5.32 Å². The number of benzene rings is 1. The van der Waals surface area contributed by atoms with Crippen LogP contribution in [0.25, 0.3) is 0 Å². The van der Waals surface area contributed by atoms with Crippen LogP contribution in [0.15, 0.2) is 41.0 Å². The van der Waals surface area contributed by atoms with Crippen molar-refractivity contribution in [3.05, 3.63) is 53.7 Å². The van der Waals surface area contributed by atoms with E-state index in [0.29, 0.717) is 30.1 Å².